The SMILES string of the molecule is CC1(C)OC(=O)C(=CNc2c(Cl)cccc2C(=O)O)C(=O)O1. The van der Waals surface area contributed by atoms with E-state index in [4.69, 9.17) is 26.2 Å². The summed E-state index contributed by atoms with van der Waals surface area (Å²) < 4.78 is 9.83. The van der Waals surface area contributed by atoms with Gasteiger partial charge in [-0.3, -0.25) is 0 Å². The maximum atomic E-state index is 11.8. The Hall–Kier alpha value is -2.54. The highest BCUT2D eigenvalue weighted by Crippen LogP contribution is 2.27. The molecule has 1 aliphatic heterocycles. The largest absolute Gasteiger partial charge is 0.478 e. The third-order valence-corrected chi connectivity index (χ3v) is 3.04. The van der Waals surface area contributed by atoms with Crippen molar-refractivity contribution < 1.29 is 29.0 Å². The van der Waals surface area contributed by atoms with E-state index in [1.165, 1.54) is 32.0 Å². The van der Waals surface area contributed by atoms with E-state index in [2.05, 4.69) is 5.32 Å². The van der Waals surface area contributed by atoms with Gasteiger partial charge < -0.3 is 19.9 Å². The Labute approximate surface area is 130 Å². The number of cyclic esters (lactones) is 2. The van der Waals surface area contributed by atoms with Crippen LogP contribution in [0.25, 0.3) is 0 Å². The second-order valence-corrected chi connectivity index (χ2v) is 5.26. The number of para-hydroxylation sites is 1. The van der Waals surface area contributed by atoms with Crippen LogP contribution < -0.4 is 5.32 Å². The average molecular weight is 326 g/mol. The van der Waals surface area contributed by atoms with Gasteiger partial charge in [-0.2, -0.15) is 0 Å². The van der Waals surface area contributed by atoms with Crippen molar-refractivity contribution in [3.8, 4) is 0 Å². The number of hydrogen-bond donors (Lipinski definition) is 2. The van der Waals surface area contributed by atoms with Crippen molar-refractivity contribution in [2.24, 2.45) is 0 Å². The summed E-state index contributed by atoms with van der Waals surface area (Å²) in [7, 11) is 0. The number of halogens is 1. The van der Waals surface area contributed by atoms with Gasteiger partial charge in [-0.1, -0.05) is 17.7 Å². The third kappa shape index (κ3) is 3.20. The Bertz CT molecular complexity index is 673. The number of rotatable bonds is 3. The van der Waals surface area contributed by atoms with Crippen LogP contribution in [0.1, 0.15) is 24.2 Å². The van der Waals surface area contributed by atoms with E-state index in [1.807, 2.05) is 0 Å². The number of anilines is 1. The molecule has 2 N–H and O–H groups in total. The van der Waals surface area contributed by atoms with Crippen molar-refractivity contribution >= 4 is 35.2 Å². The van der Waals surface area contributed by atoms with Gasteiger partial charge in [0.05, 0.1) is 16.3 Å². The molecule has 0 spiro atoms. The summed E-state index contributed by atoms with van der Waals surface area (Å²) in [5.41, 5.74) is -0.451. The highest BCUT2D eigenvalue weighted by atomic mass is 35.5. The molecule has 0 radical (unpaired) electrons. The quantitative estimate of drug-likeness (QED) is 0.499. The van der Waals surface area contributed by atoms with E-state index in [0.717, 1.165) is 6.20 Å². The summed E-state index contributed by atoms with van der Waals surface area (Å²) in [4.78, 5) is 34.7. The zero-order chi connectivity index (χ0) is 16.5. The molecule has 22 heavy (non-hydrogen) atoms. The highest BCUT2D eigenvalue weighted by molar-refractivity contribution is 6.34. The number of carboxylic acids is 1. The lowest BCUT2D eigenvalue weighted by Gasteiger charge is -2.29. The molecule has 0 unspecified atom stereocenters. The zero-order valence-electron chi connectivity index (χ0n) is 11.7. The first-order chi connectivity index (χ1) is 10.2. The van der Waals surface area contributed by atoms with E-state index in [-0.39, 0.29) is 16.3 Å². The molecule has 116 valence electrons. The lowest BCUT2D eigenvalue weighted by Crippen LogP contribution is -2.42. The predicted octanol–water partition coefficient (Wildman–Crippen LogP) is 2.17. The first-order valence-corrected chi connectivity index (χ1v) is 6.54. The van der Waals surface area contributed by atoms with Gasteiger partial charge in [-0.05, 0) is 12.1 Å². The van der Waals surface area contributed by atoms with Gasteiger partial charge in [0.2, 0.25) is 0 Å². The molecule has 0 bridgehead atoms. The molecule has 0 aliphatic carbocycles. The number of ether oxygens (including phenoxy) is 2. The highest BCUT2D eigenvalue weighted by Gasteiger charge is 2.39. The summed E-state index contributed by atoms with van der Waals surface area (Å²) in [5, 5.41) is 11.8. The molecule has 0 aromatic heterocycles. The van der Waals surface area contributed by atoms with Crippen molar-refractivity contribution in [3.63, 3.8) is 0 Å². The van der Waals surface area contributed by atoms with Crippen LogP contribution in [0.3, 0.4) is 0 Å². The van der Waals surface area contributed by atoms with Crippen molar-refractivity contribution in [2.45, 2.75) is 19.6 Å². The van der Waals surface area contributed by atoms with Crippen molar-refractivity contribution in [1.29, 1.82) is 0 Å². The van der Waals surface area contributed by atoms with Gasteiger partial charge in [0.15, 0.2) is 5.57 Å². The van der Waals surface area contributed by atoms with Crippen molar-refractivity contribution in [3.05, 3.63) is 40.6 Å². The molecule has 1 aromatic rings. The second kappa shape index (κ2) is 5.69. The molecule has 1 heterocycles. The van der Waals surface area contributed by atoms with E-state index in [9.17, 15) is 14.4 Å². The monoisotopic (exact) mass is 325 g/mol. The maximum absolute atomic E-state index is 11.8. The Balaban J connectivity index is 2.31. The number of nitrogens with one attached hydrogen (secondary N) is 1. The van der Waals surface area contributed by atoms with Crippen LogP contribution in [-0.2, 0) is 19.1 Å². The van der Waals surface area contributed by atoms with Crippen LogP contribution >= 0.6 is 11.6 Å². The van der Waals surface area contributed by atoms with Gasteiger partial charge in [0.25, 0.3) is 5.79 Å². The topological polar surface area (TPSA) is 102 Å². The molecular weight excluding hydrogens is 314 g/mol. The van der Waals surface area contributed by atoms with Crippen LogP contribution in [0.5, 0.6) is 0 Å². The molecular formula is C14H12ClNO6. The van der Waals surface area contributed by atoms with Crippen molar-refractivity contribution in [2.75, 3.05) is 5.32 Å². The number of hydrogen-bond acceptors (Lipinski definition) is 6. The minimum atomic E-state index is -1.35. The van der Waals surface area contributed by atoms with Gasteiger partial charge in [0, 0.05) is 20.0 Å². The minimum Gasteiger partial charge on any atom is -0.478 e. The summed E-state index contributed by atoms with van der Waals surface area (Å²) in [5.74, 6) is -4.31. The van der Waals surface area contributed by atoms with Gasteiger partial charge >= 0.3 is 17.9 Å². The van der Waals surface area contributed by atoms with Crippen molar-refractivity contribution in [1.82, 2.24) is 0 Å². The summed E-state index contributed by atoms with van der Waals surface area (Å²) in [6.45, 7) is 2.84. The van der Waals surface area contributed by atoms with E-state index < -0.39 is 29.3 Å². The number of benzene rings is 1. The summed E-state index contributed by atoms with van der Waals surface area (Å²) >= 11 is 5.92. The van der Waals surface area contributed by atoms with Crippen LogP contribution in [0.4, 0.5) is 5.69 Å². The second-order valence-electron chi connectivity index (χ2n) is 4.85. The molecule has 1 fully saturated rings. The van der Waals surface area contributed by atoms with E-state index >= 15 is 0 Å². The van der Waals surface area contributed by atoms with E-state index in [0.29, 0.717) is 0 Å². The Morgan fingerprint density at radius 1 is 1.27 bits per heavy atom. The first-order valence-electron chi connectivity index (χ1n) is 6.16. The molecule has 1 aliphatic rings. The Kier molecular flexibility index (Phi) is 4.09. The van der Waals surface area contributed by atoms with Gasteiger partial charge in [0.1, 0.15) is 0 Å². The Morgan fingerprint density at radius 2 is 1.86 bits per heavy atom. The van der Waals surface area contributed by atoms with Crippen LogP contribution in [0, 0.1) is 0 Å². The normalized spacial score (nSPS) is 16.6. The van der Waals surface area contributed by atoms with E-state index in [1.54, 1.807) is 0 Å². The fraction of sp³-hybridized carbons (Fsp3) is 0.214. The molecule has 0 amide bonds. The standard InChI is InChI=1S/C14H12ClNO6/c1-14(2)21-12(19)8(13(20)22-14)6-16-10-7(11(17)18)4-3-5-9(10)15/h3-6,16H,1-2H3,(H,17,18). The number of carboxylic acid groups (broad SMARTS) is 1. The van der Waals surface area contributed by atoms with Gasteiger partial charge in [-0.25, -0.2) is 14.4 Å². The number of carbonyl (C=O) groups is 3. The zero-order valence-corrected chi connectivity index (χ0v) is 12.4. The number of aromatic carboxylic acids is 1. The smallest absolute Gasteiger partial charge is 0.350 e. The maximum Gasteiger partial charge on any atom is 0.350 e. The average Bonchev–Trinajstić information content (AvgIpc) is 2.37. The summed E-state index contributed by atoms with van der Waals surface area (Å²) in [6, 6.07) is 4.26. The summed E-state index contributed by atoms with van der Waals surface area (Å²) in [6.07, 6.45) is 1.01. The minimum absolute atomic E-state index is 0.0506. The lowest BCUT2D eigenvalue weighted by molar-refractivity contribution is -0.222. The first kappa shape index (κ1) is 15.8. The van der Waals surface area contributed by atoms with Gasteiger partial charge in [-0.15, -0.1) is 0 Å². The molecule has 0 saturated carbocycles. The molecule has 1 aromatic carbocycles. The molecule has 8 heteroatoms. The third-order valence-electron chi connectivity index (χ3n) is 2.72. The fourth-order valence-electron chi connectivity index (χ4n) is 1.77. The molecule has 7 nitrogen and oxygen atoms in total. The molecule has 1 saturated heterocycles. The van der Waals surface area contributed by atoms with Crippen LogP contribution in [0.15, 0.2) is 30.0 Å². The number of carbonyl (C=O) groups excluding carboxylic acids is 2. The molecule has 0 atom stereocenters. The molecule has 2 rings (SSSR count). The fourth-order valence-corrected chi connectivity index (χ4v) is 2.00. The van der Waals surface area contributed by atoms with Crippen LogP contribution in [0.2, 0.25) is 5.02 Å². The Morgan fingerprint density at radius 3 is 2.41 bits per heavy atom. The predicted molar refractivity (Wildman–Crippen MR) is 76.4 cm³/mol. The van der Waals surface area contributed by atoms with Crippen LogP contribution in [-0.4, -0.2) is 28.8 Å². The number of esters is 2. The lowest BCUT2D eigenvalue weighted by atomic mass is 10.1.